The van der Waals surface area contributed by atoms with Gasteiger partial charge in [-0.05, 0) is 39.7 Å². The molecule has 104 valence electrons. The van der Waals surface area contributed by atoms with Gasteiger partial charge in [0, 0.05) is 32.0 Å². The summed E-state index contributed by atoms with van der Waals surface area (Å²) in [7, 11) is 0. The lowest BCUT2D eigenvalue weighted by Gasteiger charge is -2.35. The number of furan rings is 1. The molecule has 1 amide bonds. The van der Waals surface area contributed by atoms with Gasteiger partial charge in [0.05, 0.1) is 6.04 Å². The highest BCUT2D eigenvalue weighted by molar-refractivity contribution is 9.10. The van der Waals surface area contributed by atoms with Crippen LogP contribution >= 0.6 is 15.9 Å². The van der Waals surface area contributed by atoms with Crippen molar-refractivity contribution in [1.29, 1.82) is 0 Å². The Morgan fingerprint density at radius 3 is 3.05 bits per heavy atom. The third-order valence-corrected chi connectivity index (χ3v) is 3.78. The van der Waals surface area contributed by atoms with Crippen molar-refractivity contribution >= 4 is 21.8 Å². The molecule has 6 heteroatoms. The molecule has 1 N–H and O–H groups in total. The molecule has 3 heterocycles. The molecule has 0 aliphatic carbocycles. The van der Waals surface area contributed by atoms with E-state index in [1.54, 1.807) is 24.5 Å². The minimum Gasteiger partial charge on any atom is -0.444 e. The molecule has 0 spiro atoms. The number of pyridine rings is 1. The van der Waals surface area contributed by atoms with Gasteiger partial charge in [-0.1, -0.05) is 6.07 Å². The van der Waals surface area contributed by atoms with E-state index in [4.69, 9.17) is 4.42 Å². The Hall–Kier alpha value is -1.66. The first-order valence-electron chi connectivity index (χ1n) is 6.42. The second-order valence-electron chi connectivity index (χ2n) is 4.61. The van der Waals surface area contributed by atoms with Gasteiger partial charge < -0.3 is 14.6 Å². The van der Waals surface area contributed by atoms with Crippen molar-refractivity contribution in [3.8, 4) is 0 Å². The first-order valence-corrected chi connectivity index (χ1v) is 7.22. The predicted octanol–water partition coefficient (Wildman–Crippen LogP) is 2.22. The third kappa shape index (κ3) is 2.62. The summed E-state index contributed by atoms with van der Waals surface area (Å²) in [5, 5.41) is 3.31. The summed E-state index contributed by atoms with van der Waals surface area (Å²) in [5.41, 5.74) is 1.03. The molecule has 5 nitrogen and oxygen atoms in total. The van der Waals surface area contributed by atoms with Crippen LogP contribution in [0.4, 0.5) is 0 Å². The SMILES string of the molecule is O=C(c1ccc(Br)o1)N1CCNCC1c1cccnc1. The fourth-order valence-corrected chi connectivity index (χ4v) is 2.70. The minimum atomic E-state index is -0.0916. The number of carbonyl (C=O) groups excluding carboxylic acids is 1. The Bertz CT molecular complexity index is 599. The van der Waals surface area contributed by atoms with Gasteiger partial charge in [0.15, 0.2) is 10.4 Å². The number of halogens is 1. The quantitative estimate of drug-likeness (QED) is 0.914. The van der Waals surface area contributed by atoms with Crippen molar-refractivity contribution in [3.05, 3.63) is 52.7 Å². The number of carbonyl (C=O) groups is 1. The topological polar surface area (TPSA) is 58.4 Å². The number of rotatable bonds is 2. The van der Waals surface area contributed by atoms with Crippen molar-refractivity contribution in [2.75, 3.05) is 19.6 Å². The van der Waals surface area contributed by atoms with Crippen molar-refractivity contribution in [3.63, 3.8) is 0 Å². The van der Waals surface area contributed by atoms with Gasteiger partial charge in [-0.2, -0.15) is 0 Å². The number of hydrogen-bond donors (Lipinski definition) is 1. The van der Waals surface area contributed by atoms with Gasteiger partial charge in [0.2, 0.25) is 0 Å². The zero-order valence-electron chi connectivity index (χ0n) is 10.8. The first-order chi connectivity index (χ1) is 9.75. The van der Waals surface area contributed by atoms with Crippen molar-refractivity contribution in [2.45, 2.75) is 6.04 Å². The Balaban J connectivity index is 1.87. The zero-order valence-corrected chi connectivity index (χ0v) is 12.3. The molecule has 2 aromatic heterocycles. The number of aromatic nitrogens is 1. The molecule has 0 aromatic carbocycles. The van der Waals surface area contributed by atoms with E-state index in [1.165, 1.54) is 0 Å². The van der Waals surface area contributed by atoms with Crippen LogP contribution < -0.4 is 5.32 Å². The molecular weight excluding hydrogens is 322 g/mol. The van der Waals surface area contributed by atoms with E-state index in [-0.39, 0.29) is 11.9 Å². The van der Waals surface area contributed by atoms with Crippen molar-refractivity contribution in [2.24, 2.45) is 0 Å². The second-order valence-corrected chi connectivity index (χ2v) is 5.39. The highest BCUT2D eigenvalue weighted by atomic mass is 79.9. The molecule has 0 radical (unpaired) electrons. The fraction of sp³-hybridized carbons (Fsp3) is 0.286. The standard InChI is InChI=1S/C14H14BrN3O2/c15-13-4-3-12(20-13)14(19)18-7-6-17-9-11(18)10-2-1-5-16-8-10/h1-5,8,11,17H,6-7,9H2. The minimum absolute atomic E-state index is 0.0196. The van der Waals surface area contributed by atoms with Crippen LogP contribution in [0.1, 0.15) is 22.2 Å². The number of amides is 1. The first kappa shape index (κ1) is 13.3. The van der Waals surface area contributed by atoms with Crippen molar-refractivity contribution < 1.29 is 9.21 Å². The predicted molar refractivity (Wildman–Crippen MR) is 77.3 cm³/mol. The highest BCUT2D eigenvalue weighted by Gasteiger charge is 2.30. The molecule has 1 fully saturated rings. The van der Waals surface area contributed by atoms with Crippen LogP contribution in [0.3, 0.4) is 0 Å². The van der Waals surface area contributed by atoms with Crippen LogP contribution in [0.2, 0.25) is 0 Å². The summed E-state index contributed by atoms with van der Waals surface area (Å²) in [6.45, 7) is 2.15. The lowest BCUT2D eigenvalue weighted by atomic mass is 10.1. The van der Waals surface area contributed by atoms with Gasteiger partial charge in [-0.25, -0.2) is 0 Å². The average molecular weight is 336 g/mol. The average Bonchev–Trinajstić information content (AvgIpc) is 2.94. The van der Waals surface area contributed by atoms with Crippen LogP contribution in [0, 0.1) is 0 Å². The van der Waals surface area contributed by atoms with Gasteiger partial charge in [0.25, 0.3) is 5.91 Å². The smallest absolute Gasteiger partial charge is 0.290 e. The van der Waals surface area contributed by atoms with E-state index >= 15 is 0 Å². The summed E-state index contributed by atoms with van der Waals surface area (Å²) < 4.78 is 5.94. The summed E-state index contributed by atoms with van der Waals surface area (Å²) in [5.74, 6) is 0.263. The Morgan fingerprint density at radius 1 is 1.45 bits per heavy atom. The Labute approximate surface area is 125 Å². The Morgan fingerprint density at radius 2 is 2.35 bits per heavy atom. The molecule has 3 rings (SSSR count). The lowest BCUT2D eigenvalue weighted by Crippen LogP contribution is -2.48. The highest BCUT2D eigenvalue weighted by Crippen LogP contribution is 2.25. The molecule has 2 aromatic rings. The maximum absolute atomic E-state index is 12.6. The monoisotopic (exact) mass is 335 g/mol. The fourth-order valence-electron chi connectivity index (χ4n) is 2.39. The second kappa shape index (κ2) is 5.76. The van der Waals surface area contributed by atoms with E-state index < -0.39 is 0 Å². The van der Waals surface area contributed by atoms with Crippen LogP contribution in [0.15, 0.2) is 45.7 Å². The molecular formula is C14H14BrN3O2. The van der Waals surface area contributed by atoms with E-state index in [2.05, 4.69) is 26.2 Å². The summed E-state index contributed by atoms with van der Waals surface area (Å²) in [6.07, 6.45) is 3.53. The molecule has 1 unspecified atom stereocenters. The maximum atomic E-state index is 12.6. The molecule has 0 bridgehead atoms. The summed E-state index contributed by atoms with van der Waals surface area (Å²) >= 11 is 3.22. The number of nitrogens with one attached hydrogen (secondary N) is 1. The summed E-state index contributed by atoms with van der Waals surface area (Å²) in [4.78, 5) is 18.5. The number of piperazine rings is 1. The molecule has 20 heavy (non-hydrogen) atoms. The van der Waals surface area contributed by atoms with Gasteiger partial charge in [-0.3, -0.25) is 9.78 Å². The van der Waals surface area contributed by atoms with Crippen molar-refractivity contribution in [1.82, 2.24) is 15.2 Å². The van der Waals surface area contributed by atoms with Crippen LogP contribution in [0.25, 0.3) is 0 Å². The maximum Gasteiger partial charge on any atom is 0.290 e. The lowest BCUT2D eigenvalue weighted by molar-refractivity contribution is 0.0600. The summed E-state index contributed by atoms with van der Waals surface area (Å²) in [6, 6.07) is 7.27. The molecule has 1 saturated heterocycles. The number of hydrogen-bond acceptors (Lipinski definition) is 4. The van der Waals surface area contributed by atoms with E-state index in [9.17, 15) is 4.79 Å². The largest absolute Gasteiger partial charge is 0.444 e. The normalized spacial score (nSPS) is 19.1. The molecule has 0 saturated carbocycles. The number of nitrogens with zero attached hydrogens (tertiary/aromatic N) is 2. The van der Waals surface area contributed by atoms with Gasteiger partial charge in [0.1, 0.15) is 0 Å². The molecule has 1 aliphatic heterocycles. The van der Waals surface area contributed by atoms with Crippen LogP contribution in [-0.2, 0) is 0 Å². The van der Waals surface area contributed by atoms with Gasteiger partial charge >= 0.3 is 0 Å². The van der Waals surface area contributed by atoms with E-state index in [0.717, 1.165) is 18.7 Å². The van der Waals surface area contributed by atoms with Gasteiger partial charge in [-0.15, -0.1) is 0 Å². The molecule has 1 atom stereocenters. The van der Waals surface area contributed by atoms with E-state index in [0.29, 0.717) is 17.0 Å². The van der Waals surface area contributed by atoms with E-state index in [1.807, 2.05) is 17.0 Å². The Kier molecular flexibility index (Phi) is 3.84. The van der Waals surface area contributed by atoms with Crippen LogP contribution in [-0.4, -0.2) is 35.4 Å². The zero-order chi connectivity index (χ0) is 13.9. The molecule has 1 aliphatic rings. The third-order valence-electron chi connectivity index (χ3n) is 3.36. The van der Waals surface area contributed by atoms with Crippen LogP contribution in [0.5, 0.6) is 0 Å².